The van der Waals surface area contributed by atoms with Crippen LogP contribution in [0.15, 0.2) is 42.6 Å². The van der Waals surface area contributed by atoms with Crippen LogP contribution in [0.25, 0.3) is 0 Å². The van der Waals surface area contributed by atoms with Gasteiger partial charge in [-0.2, -0.15) is 0 Å². The number of benzene rings is 1. The van der Waals surface area contributed by atoms with Crippen molar-refractivity contribution in [2.24, 2.45) is 0 Å². The van der Waals surface area contributed by atoms with Crippen molar-refractivity contribution in [1.29, 1.82) is 0 Å². The molecule has 2 heterocycles. The molecule has 2 aliphatic rings. The Morgan fingerprint density at radius 2 is 1.92 bits per heavy atom. The van der Waals surface area contributed by atoms with Gasteiger partial charge in [-0.1, -0.05) is 0 Å². The summed E-state index contributed by atoms with van der Waals surface area (Å²) in [5.41, 5.74) is 3.14. The largest absolute Gasteiger partial charge is 0.335 e. The van der Waals surface area contributed by atoms with Crippen molar-refractivity contribution in [2.45, 2.75) is 31.7 Å². The maximum Gasteiger partial charge on any atom is 0.319 e. The quantitative estimate of drug-likeness (QED) is 0.905. The lowest BCUT2D eigenvalue weighted by Crippen LogP contribution is -2.35. The van der Waals surface area contributed by atoms with Crippen LogP contribution in [-0.2, 0) is 6.42 Å². The van der Waals surface area contributed by atoms with Crippen LogP contribution in [0.2, 0.25) is 0 Å². The summed E-state index contributed by atoms with van der Waals surface area (Å²) in [5, 5.41) is 5.66. The van der Waals surface area contributed by atoms with E-state index in [9.17, 15) is 9.59 Å². The highest BCUT2D eigenvalue weighted by Crippen LogP contribution is 2.26. The Morgan fingerprint density at radius 3 is 2.68 bits per heavy atom. The number of hydrogen-bond donors (Lipinski definition) is 2. The van der Waals surface area contributed by atoms with Crippen LogP contribution in [0.5, 0.6) is 0 Å². The van der Waals surface area contributed by atoms with Crippen LogP contribution in [0, 0.1) is 0 Å². The number of carbonyl (C=O) groups is 2. The second kappa shape index (κ2) is 6.55. The van der Waals surface area contributed by atoms with Crippen LogP contribution < -0.4 is 15.5 Å². The minimum atomic E-state index is -0.197. The van der Waals surface area contributed by atoms with E-state index < -0.39 is 0 Å². The van der Waals surface area contributed by atoms with Crippen LogP contribution >= 0.6 is 0 Å². The summed E-state index contributed by atoms with van der Waals surface area (Å²) in [6, 6.07) is 10.9. The van der Waals surface area contributed by atoms with Gasteiger partial charge in [0, 0.05) is 30.0 Å². The molecule has 1 aliphatic carbocycles. The molecule has 6 heteroatoms. The highest BCUT2D eigenvalue weighted by atomic mass is 16.2. The van der Waals surface area contributed by atoms with Gasteiger partial charge in [-0.05, 0) is 62.1 Å². The molecule has 1 aromatic heterocycles. The molecule has 3 amide bonds. The van der Waals surface area contributed by atoms with Crippen molar-refractivity contribution in [1.82, 2.24) is 10.3 Å². The van der Waals surface area contributed by atoms with Gasteiger partial charge in [0.15, 0.2) is 0 Å². The molecule has 2 aromatic rings. The third-order valence-corrected chi connectivity index (χ3v) is 4.50. The van der Waals surface area contributed by atoms with Crippen LogP contribution in [0.4, 0.5) is 16.2 Å². The number of fused-ring (bicyclic) bond motifs is 1. The normalized spacial score (nSPS) is 16.1. The molecule has 1 saturated carbocycles. The molecule has 0 radical (unpaired) electrons. The van der Waals surface area contributed by atoms with E-state index in [0.29, 0.717) is 23.8 Å². The van der Waals surface area contributed by atoms with Gasteiger partial charge >= 0.3 is 6.03 Å². The van der Waals surface area contributed by atoms with E-state index in [1.807, 2.05) is 12.1 Å². The molecule has 25 heavy (non-hydrogen) atoms. The van der Waals surface area contributed by atoms with Crippen LogP contribution in [-0.4, -0.2) is 29.5 Å². The van der Waals surface area contributed by atoms with Crippen molar-refractivity contribution < 1.29 is 9.59 Å². The first-order chi connectivity index (χ1) is 12.2. The van der Waals surface area contributed by atoms with Gasteiger partial charge in [-0.15, -0.1) is 0 Å². The van der Waals surface area contributed by atoms with Gasteiger partial charge in [-0.3, -0.25) is 9.78 Å². The maximum absolute atomic E-state index is 12.8. The molecular weight excluding hydrogens is 316 g/mol. The number of anilines is 2. The summed E-state index contributed by atoms with van der Waals surface area (Å²) in [7, 11) is 0. The zero-order chi connectivity index (χ0) is 17.2. The van der Waals surface area contributed by atoms with Gasteiger partial charge in [-0.25, -0.2) is 4.79 Å². The molecule has 1 aromatic carbocycles. The van der Waals surface area contributed by atoms with Crippen LogP contribution in [0.3, 0.4) is 0 Å². The van der Waals surface area contributed by atoms with Crippen molar-refractivity contribution >= 4 is 23.3 Å². The Balaban J connectivity index is 1.46. The van der Waals surface area contributed by atoms with E-state index in [-0.39, 0.29) is 11.9 Å². The molecule has 0 spiro atoms. The molecule has 0 bridgehead atoms. The third kappa shape index (κ3) is 3.47. The SMILES string of the molecule is O=C(Nc1ccc(C(=O)N2CCCc3ncccc32)cc1)NC1CC1. The summed E-state index contributed by atoms with van der Waals surface area (Å²) in [6.45, 7) is 0.696. The Kier molecular flexibility index (Phi) is 4.09. The highest BCUT2D eigenvalue weighted by molar-refractivity contribution is 6.07. The predicted octanol–water partition coefficient (Wildman–Crippen LogP) is 2.96. The highest BCUT2D eigenvalue weighted by Gasteiger charge is 2.25. The van der Waals surface area contributed by atoms with Crippen molar-refractivity contribution in [3.05, 3.63) is 53.9 Å². The maximum atomic E-state index is 12.8. The molecule has 128 valence electrons. The molecule has 6 nitrogen and oxygen atoms in total. The number of nitrogens with zero attached hydrogens (tertiary/aromatic N) is 2. The lowest BCUT2D eigenvalue weighted by Gasteiger charge is -2.28. The fraction of sp³-hybridized carbons (Fsp3) is 0.316. The molecule has 0 unspecified atom stereocenters. The average Bonchev–Trinajstić information content (AvgIpc) is 3.45. The number of nitrogens with one attached hydrogen (secondary N) is 2. The average molecular weight is 336 g/mol. The number of hydrogen-bond acceptors (Lipinski definition) is 3. The first-order valence-corrected chi connectivity index (χ1v) is 8.64. The second-order valence-electron chi connectivity index (χ2n) is 6.48. The number of aryl methyl sites for hydroxylation is 1. The van der Waals surface area contributed by atoms with Crippen molar-refractivity contribution in [3.63, 3.8) is 0 Å². The number of pyridine rings is 1. The number of amides is 3. The van der Waals surface area contributed by atoms with E-state index in [0.717, 1.165) is 37.1 Å². The Morgan fingerprint density at radius 1 is 1.12 bits per heavy atom. The number of urea groups is 1. The second-order valence-corrected chi connectivity index (χ2v) is 6.48. The fourth-order valence-electron chi connectivity index (χ4n) is 3.04. The van der Waals surface area contributed by atoms with Crippen molar-refractivity contribution in [3.8, 4) is 0 Å². The van der Waals surface area contributed by atoms with Crippen molar-refractivity contribution in [2.75, 3.05) is 16.8 Å². The number of aromatic nitrogens is 1. The number of carbonyl (C=O) groups excluding carboxylic acids is 2. The van der Waals surface area contributed by atoms with E-state index >= 15 is 0 Å². The van der Waals surface area contributed by atoms with Gasteiger partial charge in [0.25, 0.3) is 5.91 Å². The van der Waals surface area contributed by atoms with Gasteiger partial charge in [0.05, 0.1) is 11.4 Å². The van der Waals surface area contributed by atoms with E-state index in [1.54, 1.807) is 35.4 Å². The smallest absolute Gasteiger partial charge is 0.319 e. The van der Waals surface area contributed by atoms with E-state index in [2.05, 4.69) is 15.6 Å². The van der Waals surface area contributed by atoms with Crippen LogP contribution in [0.1, 0.15) is 35.3 Å². The Labute approximate surface area is 146 Å². The lowest BCUT2D eigenvalue weighted by molar-refractivity contribution is 0.0985. The number of rotatable bonds is 3. The summed E-state index contributed by atoms with van der Waals surface area (Å²) < 4.78 is 0. The molecule has 4 rings (SSSR count). The summed E-state index contributed by atoms with van der Waals surface area (Å²) >= 11 is 0. The van der Waals surface area contributed by atoms with E-state index in [4.69, 9.17) is 0 Å². The first-order valence-electron chi connectivity index (χ1n) is 8.64. The summed E-state index contributed by atoms with van der Waals surface area (Å²) in [4.78, 5) is 30.8. The minimum Gasteiger partial charge on any atom is -0.335 e. The summed E-state index contributed by atoms with van der Waals surface area (Å²) in [5.74, 6) is -0.0390. The summed E-state index contributed by atoms with van der Waals surface area (Å²) in [6.07, 6.45) is 5.68. The molecule has 1 fully saturated rings. The van der Waals surface area contributed by atoms with Gasteiger partial charge < -0.3 is 15.5 Å². The molecule has 0 atom stereocenters. The first kappa shape index (κ1) is 15.6. The zero-order valence-corrected chi connectivity index (χ0v) is 13.9. The predicted molar refractivity (Wildman–Crippen MR) is 95.9 cm³/mol. The fourth-order valence-corrected chi connectivity index (χ4v) is 3.04. The topological polar surface area (TPSA) is 74.3 Å². The lowest BCUT2D eigenvalue weighted by atomic mass is 10.1. The minimum absolute atomic E-state index is 0.0390. The van der Waals surface area contributed by atoms with Gasteiger partial charge in [0.2, 0.25) is 0 Å². The van der Waals surface area contributed by atoms with E-state index in [1.165, 1.54) is 0 Å². The Bertz CT molecular complexity index is 799. The monoisotopic (exact) mass is 336 g/mol. The zero-order valence-electron chi connectivity index (χ0n) is 13.9. The third-order valence-electron chi connectivity index (χ3n) is 4.50. The standard InChI is InChI=1S/C19H20N4O2/c24-18(23-12-2-3-16-17(23)4-1-11-20-16)13-5-7-14(8-6-13)21-19(25)22-15-9-10-15/h1,4-8,11,15H,2-3,9-10,12H2,(H2,21,22,25). The molecule has 2 N–H and O–H groups in total. The van der Waals surface area contributed by atoms with Gasteiger partial charge in [0.1, 0.15) is 0 Å². The Hall–Kier alpha value is -2.89. The molecule has 1 aliphatic heterocycles. The molecular formula is C19H20N4O2. The molecule has 0 saturated heterocycles.